The van der Waals surface area contributed by atoms with E-state index < -0.39 is 11.7 Å². The van der Waals surface area contributed by atoms with E-state index in [1.165, 1.54) is 12.1 Å². The van der Waals surface area contributed by atoms with E-state index in [0.29, 0.717) is 6.42 Å². The van der Waals surface area contributed by atoms with Crippen molar-refractivity contribution in [1.82, 2.24) is 4.98 Å². The number of aromatic amines is 1. The van der Waals surface area contributed by atoms with Gasteiger partial charge in [-0.05, 0) is 42.2 Å². The molecule has 0 spiro atoms. The van der Waals surface area contributed by atoms with Crippen molar-refractivity contribution in [3.63, 3.8) is 0 Å². The van der Waals surface area contributed by atoms with E-state index >= 15 is 0 Å². The van der Waals surface area contributed by atoms with Crippen LogP contribution < -0.4 is 0 Å². The predicted octanol–water partition coefficient (Wildman–Crippen LogP) is 5.09. The fourth-order valence-corrected chi connectivity index (χ4v) is 2.54. The molecule has 2 aromatic carbocycles. The number of fused-ring (bicyclic) bond motifs is 1. The van der Waals surface area contributed by atoms with Crippen molar-refractivity contribution in [3.05, 3.63) is 70.9 Å². The van der Waals surface area contributed by atoms with E-state index in [-0.39, 0.29) is 0 Å². The number of rotatable bonds is 2. The van der Waals surface area contributed by atoms with E-state index in [4.69, 9.17) is 0 Å². The third-order valence-corrected chi connectivity index (χ3v) is 3.69. The van der Waals surface area contributed by atoms with E-state index in [9.17, 15) is 13.2 Å². The molecule has 1 nitrogen and oxygen atoms in total. The summed E-state index contributed by atoms with van der Waals surface area (Å²) in [5.74, 6) is 0. The number of aromatic nitrogens is 1. The van der Waals surface area contributed by atoms with Gasteiger partial charge in [-0.1, -0.05) is 30.3 Å². The predicted molar refractivity (Wildman–Crippen MR) is 77.3 cm³/mol. The first-order valence-electron chi connectivity index (χ1n) is 6.67. The molecule has 0 fully saturated rings. The average molecular weight is 289 g/mol. The largest absolute Gasteiger partial charge is 0.416 e. The Morgan fingerprint density at radius 3 is 2.38 bits per heavy atom. The molecule has 0 amide bonds. The molecule has 3 aromatic rings. The topological polar surface area (TPSA) is 15.8 Å². The molecule has 0 aliphatic carbocycles. The zero-order chi connectivity index (χ0) is 15.0. The van der Waals surface area contributed by atoms with Crippen molar-refractivity contribution in [3.8, 4) is 0 Å². The maximum absolute atomic E-state index is 12.5. The van der Waals surface area contributed by atoms with Gasteiger partial charge in [0.05, 0.1) is 5.56 Å². The number of benzene rings is 2. The highest BCUT2D eigenvalue weighted by molar-refractivity contribution is 5.86. The highest BCUT2D eigenvalue weighted by Crippen LogP contribution is 2.30. The molecule has 108 valence electrons. The van der Waals surface area contributed by atoms with Gasteiger partial charge in [0.25, 0.3) is 0 Å². The molecule has 0 radical (unpaired) electrons. The number of halogens is 3. The summed E-state index contributed by atoms with van der Waals surface area (Å²) in [5, 5.41) is 1.12. The number of para-hydroxylation sites is 1. The zero-order valence-corrected chi connectivity index (χ0v) is 11.5. The van der Waals surface area contributed by atoms with Crippen LogP contribution in [0, 0.1) is 6.92 Å². The molecule has 0 aliphatic heterocycles. The second kappa shape index (κ2) is 4.95. The van der Waals surface area contributed by atoms with Gasteiger partial charge in [-0.3, -0.25) is 0 Å². The fraction of sp³-hybridized carbons (Fsp3) is 0.176. The first-order valence-corrected chi connectivity index (χ1v) is 6.67. The fourth-order valence-electron chi connectivity index (χ4n) is 2.54. The molecule has 1 heterocycles. The lowest BCUT2D eigenvalue weighted by atomic mass is 10.0. The monoisotopic (exact) mass is 289 g/mol. The van der Waals surface area contributed by atoms with Crippen LogP contribution in [0.5, 0.6) is 0 Å². The van der Waals surface area contributed by atoms with Crippen LogP contribution in [0.3, 0.4) is 0 Å². The molecule has 0 bridgehead atoms. The summed E-state index contributed by atoms with van der Waals surface area (Å²) in [4.78, 5) is 3.23. The lowest BCUT2D eigenvalue weighted by molar-refractivity contribution is -0.137. The van der Waals surface area contributed by atoms with Crippen LogP contribution in [0.4, 0.5) is 13.2 Å². The van der Waals surface area contributed by atoms with Crippen molar-refractivity contribution < 1.29 is 13.2 Å². The molecule has 3 rings (SSSR count). The number of alkyl halides is 3. The summed E-state index contributed by atoms with van der Waals surface area (Å²) in [6.45, 7) is 2.03. The van der Waals surface area contributed by atoms with Crippen molar-refractivity contribution in [2.45, 2.75) is 19.5 Å². The third kappa shape index (κ3) is 2.66. The normalized spacial score (nSPS) is 12.0. The Kier molecular flexibility index (Phi) is 3.24. The van der Waals surface area contributed by atoms with Crippen molar-refractivity contribution in [2.24, 2.45) is 0 Å². The molecule has 1 N–H and O–H groups in total. The summed E-state index contributed by atoms with van der Waals surface area (Å²) < 4.78 is 37.6. The lowest BCUT2D eigenvalue weighted by Crippen LogP contribution is -2.04. The van der Waals surface area contributed by atoms with Gasteiger partial charge in [0.2, 0.25) is 0 Å². The quantitative estimate of drug-likeness (QED) is 0.676. The molecule has 0 saturated heterocycles. The van der Waals surface area contributed by atoms with Gasteiger partial charge in [-0.25, -0.2) is 0 Å². The van der Waals surface area contributed by atoms with Gasteiger partial charge in [-0.2, -0.15) is 13.2 Å². The van der Waals surface area contributed by atoms with Crippen LogP contribution in [-0.2, 0) is 12.6 Å². The van der Waals surface area contributed by atoms with Gasteiger partial charge >= 0.3 is 6.18 Å². The maximum atomic E-state index is 12.5. The van der Waals surface area contributed by atoms with E-state index in [2.05, 4.69) is 4.98 Å². The van der Waals surface area contributed by atoms with Gasteiger partial charge in [-0.15, -0.1) is 0 Å². The molecular formula is C17H14F3N. The SMILES string of the molecule is Cc1cccc2c(Cc3ccc(C(F)(F)F)cc3)c[nH]c12. The van der Waals surface area contributed by atoms with Gasteiger partial charge in [0.15, 0.2) is 0 Å². The number of aryl methyl sites for hydroxylation is 1. The summed E-state index contributed by atoms with van der Waals surface area (Å²) in [6, 6.07) is 11.4. The van der Waals surface area contributed by atoms with Gasteiger partial charge in [0.1, 0.15) is 0 Å². The van der Waals surface area contributed by atoms with E-state index in [1.807, 2.05) is 31.3 Å². The molecule has 0 atom stereocenters. The average Bonchev–Trinajstić information content (AvgIpc) is 2.83. The molecule has 0 aliphatic rings. The Morgan fingerprint density at radius 2 is 1.71 bits per heavy atom. The van der Waals surface area contributed by atoms with Crippen LogP contribution in [0.15, 0.2) is 48.7 Å². The minimum atomic E-state index is -4.28. The molecule has 4 heteroatoms. The summed E-state index contributed by atoms with van der Waals surface area (Å²) in [5.41, 5.74) is 3.59. The van der Waals surface area contributed by atoms with Crippen LogP contribution in [-0.4, -0.2) is 4.98 Å². The first-order chi connectivity index (χ1) is 9.95. The molecule has 1 aromatic heterocycles. The third-order valence-electron chi connectivity index (χ3n) is 3.69. The minimum absolute atomic E-state index is 0.610. The van der Waals surface area contributed by atoms with Crippen LogP contribution >= 0.6 is 0 Å². The highest BCUT2D eigenvalue weighted by Gasteiger charge is 2.29. The number of nitrogens with one attached hydrogen (secondary N) is 1. The van der Waals surface area contributed by atoms with Crippen molar-refractivity contribution in [2.75, 3.05) is 0 Å². The van der Waals surface area contributed by atoms with E-state index in [1.54, 1.807) is 0 Å². The molecular weight excluding hydrogens is 275 g/mol. The highest BCUT2D eigenvalue weighted by atomic mass is 19.4. The molecule has 21 heavy (non-hydrogen) atoms. The van der Waals surface area contributed by atoms with Crippen molar-refractivity contribution in [1.29, 1.82) is 0 Å². The van der Waals surface area contributed by atoms with Crippen LogP contribution in [0.25, 0.3) is 10.9 Å². The number of hydrogen-bond donors (Lipinski definition) is 1. The van der Waals surface area contributed by atoms with Crippen LogP contribution in [0.1, 0.15) is 22.3 Å². The minimum Gasteiger partial charge on any atom is -0.361 e. The Bertz CT molecular complexity index is 767. The summed E-state index contributed by atoms with van der Waals surface area (Å²) in [7, 11) is 0. The summed E-state index contributed by atoms with van der Waals surface area (Å²) >= 11 is 0. The summed E-state index contributed by atoms with van der Waals surface area (Å²) in [6.07, 6.45) is -1.74. The van der Waals surface area contributed by atoms with E-state index in [0.717, 1.165) is 39.7 Å². The number of H-pyrrole nitrogens is 1. The first kappa shape index (κ1) is 13.7. The van der Waals surface area contributed by atoms with Gasteiger partial charge in [0, 0.05) is 17.1 Å². The Labute approximate surface area is 120 Å². The Hall–Kier alpha value is -2.23. The Balaban J connectivity index is 1.90. The Morgan fingerprint density at radius 1 is 1.00 bits per heavy atom. The lowest BCUT2D eigenvalue weighted by Gasteiger charge is -2.07. The van der Waals surface area contributed by atoms with Gasteiger partial charge < -0.3 is 4.98 Å². The smallest absolute Gasteiger partial charge is 0.361 e. The van der Waals surface area contributed by atoms with Crippen molar-refractivity contribution >= 4 is 10.9 Å². The second-order valence-electron chi connectivity index (χ2n) is 5.18. The number of hydrogen-bond acceptors (Lipinski definition) is 0. The standard InChI is InChI=1S/C17H14F3N/c1-11-3-2-4-15-13(10-21-16(11)15)9-12-5-7-14(8-6-12)17(18,19)20/h2-8,10,21H,9H2,1H3. The molecule has 0 unspecified atom stereocenters. The maximum Gasteiger partial charge on any atom is 0.416 e. The van der Waals surface area contributed by atoms with Crippen LogP contribution in [0.2, 0.25) is 0 Å². The second-order valence-corrected chi connectivity index (χ2v) is 5.18. The zero-order valence-electron chi connectivity index (χ0n) is 11.5. The molecule has 0 saturated carbocycles.